The number of hydrogen-bond donors (Lipinski definition) is 0. The predicted molar refractivity (Wildman–Crippen MR) is 27.9 cm³/mol. The van der Waals surface area contributed by atoms with E-state index < -0.39 is 0 Å². The van der Waals surface area contributed by atoms with Crippen LogP contribution in [-0.2, 0) is 0 Å². The molecule has 0 bridgehead atoms. The number of rotatable bonds is 0. The fourth-order valence-electron chi connectivity index (χ4n) is 0. The van der Waals surface area contributed by atoms with Gasteiger partial charge < -0.3 is 23.6 Å². The van der Waals surface area contributed by atoms with Gasteiger partial charge in [0.1, 0.15) is 0 Å². The molecule has 0 unspecified atom stereocenters. The van der Waals surface area contributed by atoms with E-state index in [0.717, 1.165) is 0 Å². The standard InChI is InChI=1S/Ba.K.Mg.3H2O.5H/h;;;3*1H2;;;;;/q+2;+1;+2;;;;5*-1. The maximum atomic E-state index is 0. The van der Waals surface area contributed by atoms with Crippen molar-refractivity contribution in [1.29, 1.82) is 0 Å². The van der Waals surface area contributed by atoms with Crippen LogP contribution >= 0.6 is 0 Å². The van der Waals surface area contributed by atoms with E-state index in [9.17, 15) is 0 Å². The van der Waals surface area contributed by atoms with Crippen molar-refractivity contribution in [2.45, 2.75) is 0 Å². The van der Waals surface area contributed by atoms with Crippen molar-refractivity contribution in [1.82, 2.24) is 0 Å². The van der Waals surface area contributed by atoms with Gasteiger partial charge in [0.05, 0.1) is 0 Å². The SMILES string of the molecule is O.O.O.[Ba+2].[H-].[H-].[H-].[H-].[H-].[K+].[Mg+2]. The molecule has 0 aliphatic rings. The largest absolute Gasteiger partial charge is 2.00 e. The average Bonchev–Trinajstić information content (AvgIpc) is 0. The van der Waals surface area contributed by atoms with E-state index in [1.165, 1.54) is 0 Å². The van der Waals surface area contributed by atoms with Gasteiger partial charge in [-0.2, -0.15) is 0 Å². The second-order valence-electron chi connectivity index (χ2n) is 0. The first-order chi connectivity index (χ1) is 0. The predicted octanol–water partition coefficient (Wildman–Crippen LogP) is -5.67. The van der Waals surface area contributed by atoms with Crippen LogP contribution in [0.5, 0.6) is 0 Å². The van der Waals surface area contributed by atoms with Gasteiger partial charge in [-0.05, 0) is 0 Å². The molecule has 6 N–H and O–H groups in total. The molecule has 0 aromatic rings. The molecule has 0 aliphatic carbocycles. The summed E-state index contributed by atoms with van der Waals surface area (Å²) < 4.78 is 0. The second-order valence-corrected chi connectivity index (χ2v) is 0. The van der Waals surface area contributed by atoms with E-state index in [4.69, 9.17) is 0 Å². The molecule has 0 saturated heterocycles. The average molecular weight is 260 g/mol. The molecule has 0 fully saturated rings. The Balaban J connectivity index is 0. The molecule has 0 rings (SSSR count). The third-order valence-corrected chi connectivity index (χ3v) is 0. The van der Waals surface area contributed by atoms with Crippen LogP contribution in [0.1, 0.15) is 7.13 Å². The topological polar surface area (TPSA) is 94.5 Å². The minimum atomic E-state index is 0. The third-order valence-electron chi connectivity index (χ3n) is 0. The fraction of sp³-hybridized carbons (Fsp3) is 0. The Labute approximate surface area is 143 Å². The summed E-state index contributed by atoms with van der Waals surface area (Å²) in [5, 5.41) is 0. The normalized spacial score (nSPS) is 0. The molecule has 6 heavy (non-hydrogen) atoms. The summed E-state index contributed by atoms with van der Waals surface area (Å²) in [6.45, 7) is 0. The zero-order chi connectivity index (χ0) is 0. The molecule has 0 radical (unpaired) electrons. The van der Waals surface area contributed by atoms with Crippen LogP contribution < -0.4 is 51.4 Å². The van der Waals surface area contributed by atoms with Gasteiger partial charge in [-0.1, -0.05) is 0 Å². The molecule has 0 aliphatic heterocycles. The van der Waals surface area contributed by atoms with E-state index in [-0.39, 0.29) is 147 Å². The van der Waals surface area contributed by atoms with Crippen LogP contribution in [0.2, 0.25) is 0 Å². The van der Waals surface area contributed by atoms with E-state index in [2.05, 4.69) is 0 Å². The van der Waals surface area contributed by atoms with Crippen molar-refractivity contribution >= 4 is 71.9 Å². The molecule has 0 spiro atoms. The van der Waals surface area contributed by atoms with Crippen LogP contribution in [0.25, 0.3) is 0 Å². The summed E-state index contributed by atoms with van der Waals surface area (Å²) >= 11 is 0. The van der Waals surface area contributed by atoms with Crippen molar-refractivity contribution in [3.05, 3.63) is 0 Å². The molecule has 6 heteroatoms. The van der Waals surface area contributed by atoms with Gasteiger partial charge in [-0.3, -0.25) is 0 Å². The molecule has 34 valence electrons. The number of hydrogen-bond acceptors (Lipinski definition) is 0. The summed E-state index contributed by atoms with van der Waals surface area (Å²) in [5.74, 6) is 0. The Morgan fingerprint density at radius 1 is 0.833 bits per heavy atom. The molecule has 0 heterocycles. The third kappa shape index (κ3) is 24.8. The van der Waals surface area contributed by atoms with Crippen molar-refractivity contribution in [3.8, 4) is 0 Å². The van der Waals surface area contributed by atoms with Crippen molar-refractivity contribution < 1.29 is 74.9 Å². The first-order valence-corrected chi connectivity index (χ1v) is 0. The van der Waals surface area contributed by atoms with Crippen molar-refractivity contribution in [2.75, 3.05) is 0 Å². The van der Waals surface area contributed by atoms with Gasteiger partial charge in [0.25, 0.3) is 0 Å². The van der Waals surface area contributed by atoms with Crippen LogP contribution in [0.4, 0.5) is 0 Å². The van der Waals surface area contributed by atoms with Crippen LogP contribution in [0.3, 0.4) is 0 Å². The Morgan fingerprint density at radius 3 is 0.833 bits per heavy atom. The molecule has 0 aromatic carbocycles. The summed E-state index contributed by atoms with van der Waals surface area (Å²) in [5.41, 5.74) is 0. The molecule has 3 nitrogen and oxygen atoms in total. The van der Waals surface area contributed by atoms with Gasteiger partial charge in [0.2, 0.25) is 0 Å². The van der Waals surface area contributed by atoms with Crippen LogP contribution in [0, 0.1) is 0 Å². The van der Waals surface area contributed by atoms with E-state index >= 15 is 0 Å². The second kappa shape index (κ2) is 36.8. The van der Waals surface area contributed by atoms with Crippen LogP contribution in [-0.4, -0.2) is 88.4 Å². The van der Waals surface area contributed by atoms with Crippen molar-refractivity contribution in [3.63, 3.8) is 0 Å². The summed E-state index contributed by atoms with van der Waals surface area (Å²) in [6, 6.07) is 0. The molecular weight excluding hydrogens is 249 g/mol. The molecule has 0 saturated carbocycles. The molecule has 0 amide bonds. The zero-order valence-corrected chi connectivity index (χ0v) is 12.9. The first kappa shape index (κ1) is 52.0. The first-order valence-electron chi connectivity index (χ1n) is 0. The summed E-state index contributed by atoms with van der Waals surface area (Å²) in [7, 11) is 0. The van der Waals surface area contributed by atoms with E-state index in [1.54, 1.807) is 0 Å². The maximum Gasteiger partial charge on any atom is 2.00 e. The van der Waals surface area contributed by atoms with E-state index in [1.807, 2.05) is 0 Å². The van der Waals surface area contributed by atoms with Gasteiger partial charge in [0, 0.05) is 0 Å². The Hall–Kier alpha value is 3.85. The summed E-state index contributed by atoms with van der Waals surface area (Å²) in [4.78, 5) is 0. The van der Waals surface area contributed by atoms with Gasteiger partial charge in [-0.15, -0.1) is 0 Å². The molecule has 0 aromatic heterocycles. The monoisotopic (exact) mass is 260 g/mol. The summed E-state index contributed by atoms with van der Waals surface area (Å²) in [6.07, 6.45) is 0. The minimum Gasteiger partial charge on any atom is -1.00 e. The van der Waals surface area contributed by atoms with Crippen molar-refractivity contribution in [2.24, 2.45) is 0 Å². The van der Waals surface area contributed by atoms with Gasteiger partial charge in [0.15, 0.2) is 0 Å². The smallest absolute Gasteiger partial charge is 1.00 e. The molecule has 0 atom stereocenters. The fourth-order valence-corrected chi connectivity index (χ4v) is 0. The van der Waals surface area contributed by atoms with Gasteiger partial charge >= 0.3 is 123 Å². The van der Waals surface area contributed by atoms with Crippen LogP contribution in [0.15, 0.2) is 0 Å². The van der Waals surface area contributed by atoms with Gasteiger partial charge in [-0.25, -0.2) is 0 Å². The quantitative estimate of drug-likeness (QED) is 0.388. The zero-order valence-electron chi connectivity index (χ0n) is 8.91. The maximum absolute atomic E-state index is 0. The Kier molecular flexibility index (Phi) is 319. The van der Waals surface area contributed by atoms with E-state index in [0.29, 0.717) is 0 Å². The molecular formula is H11BaKMgO3. The Morgan fingerprint density at radius 2 is 0.833 bits per heavy atom. The Bertz CT molecular complexity index is 21.7. The minimum absolute atomic E-state index is 0.